The summed E-state index contributed by atoms with van der Waals surface area (Å²) in [4.78, 5) is 14.4. The minimum absolute atomic E-state index is 0.0196. The van der Waals surface area contributed by atoms with Gasteiger partial charge in [-0.2, -0.15) is 13.2 Å². The second-order valence-electron chi connectivity index (χ2n) is 6.67. The molecule has 3 nitrogen and oxygen atoms in total. The van der Waals surface area contributed by atoms with Gasteiger partial charge in [0.1, 0.15) is 11.6 Å². The molecule has 1 heterocycles. The molecule has 0 atom stereocenters. The van der Waals surface area contributed by atoms with Crippen molar-refractivity contribution in [2.24, 2.45) is 0 Å². The molecule has 3 aromatic rings. The summed E-state index contributed by atoms with van der Waals surface area (Å²) in [5, 5.41) is 0. The van der Waals surface area contributed by atoms with Gasteiger partial charge in [-0.1, -0.05) is 42.5 Å². The summed E-state index contributed by atoms with van der Waals surface area (Å²) in [5.74, 6) is -0.940. The van der Waals surface area contributed by atoms with E-state index in [1.807, 2.05) is 30.3 Å². The molecule has 0 fully saturated rings. The maximum atomic E-state index is 14.3. The quantitative estimate of drug-likeness (QED) is 0.542. The largest absolute Gasteiger partial charge is 0.472 e. The van der Waals surface area contributed by atoms with Gasteiger partial charge < -0.3 is 9.64 Å². The number of benzene rings is 3. The van der Waals surface area contributed by atoms with Gasteiger partial charge in [-0.05, 0) is 35.4 Å². The van der Waals surface area contributed by atoms with Crippen LogP contribution in [0.2, 0.25) is 0 Å². The van der Waals surface area contributed by atoms with Crippen LogP contribution in [0.3, 0.4) is 0 Å². The predicted molar refractivity (Wildman–Crippen MR) is 98.6 cm³/mol. The minimum Gasteiger partial charge on any atom is -0.472 e. The zero-order valence-corrected chi connectivity index (χ0v) is 15.0. The number of carbonyl (C=O) groups is 1. The van der Waals surface area contributed by atoms with Crippen molar-refractivity contribution in [3.05, 3.63) is 89.2 Å². The third-order valence-corrected chi connectivity index (χ3v) is 4.70. The molecule has 0 aromatic heterocycles. The van der Waals surface area contributed by atoms with Gasteiger partial charge in [0.15, 0.2) is 6.73 Å². The van der Waals surface area contributed by atoms with Crippen molar-refractivity contribution in [3.8, 4) is 16.9 Å². The van der Waals surface area contributed by atoms with Gasteiger partial charge >= 0.3 is 6.18 Å². The molecular weight excluding hydrogens is 386 g/mol. The maximum Gasteiger partial charge on any atom is 0.416 e. The molecule has 0 saturated carbocycles. The molecule has 1 aliphatic rings. The number of halogens is 4. The summed E-state index contributed by atoms with van der Waals surface area (Å²) in [7, 11) is 0. The molecule has 0 spiro atoms. The number of carbonyl (C=O) groups excluding carboxylic acids is 1. The normalized spacial score (nSPS) is 13.8. The Morgan fingerprint density at radius 2 is 1.69 bits per heavy atom. The van der Waals surface area contributed by atoms with E-state index in [2.05, 4.69) is 0 Å². The Hall–Kier alpha value is -3.35. The van der Waals surface area contributed by atoms with Crippen LogP contribution >= 0.6 is 0 Å². The summed E-state index contributed by atoms with van der Waals surface area (Å²) in [6.07, 6.45) is -4.63. The first kappa shape index (κ1) is 19.0. The summed E-state index contributed by atoms with van der Waals surface area (Å²) >= 11 is 0. The van der Waals surface area contributed by atoms with Crippen molar-refractivity contribution < 1.29 is 27.1 Å². The lowest BCUT2D eigenvalue weighted by Crippen LogP contribution is -2.38. The lowest BCUT2D eigenvalue weighted by Gasteiger charge is -2.29. The topological polar surface area (TPSA) is 29.5 Å². The molecule has 1 aliphatic heterocycles. The molecule has 29 heavy (non-hydrogen) atoms. The molecule has 0 N–H and O–H groups in total. The van der Waals surface area contributed by atoms with Crippen LogP contribution in [0.1, 0.15) is 21.5 Å². The number of hydrogen-bond donors (Lipinski definition) is 0. The smallest absolute Gasteiger partial charge is 0.416 e. The van der Waals surface area contributed by atoms with Crippen LogP contribution in [0.5, 0.6) is 5.75 Å². The van der Waals surface area contributed by atoms with Crippen LogP contribution in [-0.4, -0.2) is 17.5 Å². The number of amides is 1. The van der Waals surface area contributed by atoms with Gasteiger partial charge in [0.2, 0.25) is 0 Å². The van der Waals surface area contributed by atoms with Crippen LogP contribution in [0.25, 0.3) is 11.1 Å². The van der Waals surface area contributed by atoms with E-state index < -0.39 is 17.6 Å². The van der Waals surface area contributed by atoms with E-state index >= 15 is 0 Å². The highest BCUT2D eigenvalue weighted by atomic mass is 19.4. The fourth-order valence-corrected chi connectivity index (χ4v) is 3.21. The third-order valence-electron chi connectivity index (χ3n) is 4.70. The molecule has 0 unspecified atom stereocenters. The molecule has 1 amide bonds. The summed E-state index contributed by atoms with van der Waals surface area (Å²) in [5.41, 5.74) is 0.384. The average molecular weight is 401 g/mol. The third kappa shape index (κ3) is 3.81. The van der Waals surface area contributed by atoms with Gasteiger partial charge in [-0.25, -0.2) is 4.39 Å². The predicted octanol–water partition coefficient (Wildman–Crippen LogP) is 5.50. The van der Waals surface area contributed by atoms with Gasteiger partial charge in [0.25, 0.3) is 5.91 Å². The van der Waals surface area contributed by atoms with Crippen LogP contribution in [0.15, 0.2) is 66.7 Å². The Morgan fingerprint density at radius 3 is 2.38 bits per heavy atom. The van der Waals surface area contributed by atoms with E-state index in [0.717, 1.165) is 17.7 Å². The SMILES string of the molecule is O=C1c2cc(-c3ccc(C(F)(F)F)cc3F)ccc2OCN1Cc1ccccc1. The van der Waals surface area contributed by atoms with Crippen molar-refractivity contribution >= 4 is 5.91 Å². The van der Waals surface area contributed by atoms with E-state index in [-0.39, 0.29) is 23.8 Å². The van der Waals surface area contributed by atoms with Gasteiger partial charge in [0.05, 0.1) is 11.1 Å². The lowest BCUT2D eigenvalue weighted by molar-refractivity contribution is -0.137. The molecule has 148 valence electrons. The fraction of sp³-hybridized carbons (Fsp3) is 0.136. The van der Waals surface area contributed by atoms with Gasteiger partial charge in [0, 0.05) is 12.1 Å². The van der Waals surface area contributed by atoms with Crippen molar-refractivity contribution in [1.29, 1.82) is 0 Å². The molecule has 4 rings (SSSR count). The monoisotopic (exact) mass is 401 g/mol. The Labute approximate surface area is 164 Å². The Balaban J connectivity index is 1.64. The number of fused-ring (bicyclic) bond motifs is 1. The number of ether oxygens (including phenoxy) is 1. The molecule has 0 aliphatic carbocycles. The van der Waals surface area contributed by atoms with E-state index in [1.165, 1.54) is 23.1 Å². The van der Waals surface area contributed by atoms with Crippen LogP contribution < -0.4 is 4.74 Å². The first-order valence-corrected chi connectivity index (χ1v) is 8.80. The van der Waals surface area contributed by atoms with Crippen molar-refractivity contribution in [1.82, 2.24) is 4.90 Å². The van der Waals surface area contributed by atoms with E-state index in [1.54, 1.807) is 0 Å². The zero-order chi connectivity index (χ0) is 20.6. The molecule has 0 saturated heterocycles. The van der Waals surface area contributed by atoms with Crippen LogP contribution in [0, 0.1) is 5.82 Å². The Kier molecular flexibility index (Phi) is 4.74. The van der Waals surface area contributed by atoms with Crippen molar-refractivity contribution in [2.75, 3.05) is 6.73 Å². The summed E-state index contributed by atoms with van der Waals surface area (Å²) in [6.45, 7) is 0.423. The Bertz CT molecular complexity index is 1060. The molecular formula is C22H15F4NO2. The molecule has 0 radical (unpaired) electrons. The summed E-state index contributed by atoms with van der Waals surface area (Å²) < 4.78 is 58.3. The number of nitrogens with zero attached hydrogens (tertiary/aromatic N) is 1. The number of hydrogen-bond acceptors (Lipinski definition) is 2. The Morgan fingerprint density at radius 1 is 0.931 bits per heavy atom. The van der Waals surface area contributed by atoms with E-state index in [9.17, 15) is 22.4 Å². The standard InChI is InChI=1S/C22H15F4NO2/c23-19-11-16(22(24,25)26)7-8-17(19)15-6-9-20-18(10-15)21(28)27(13-29-20)12-14-4-2-1-3-5-14/h1-11H,12-13H2. The first-order valence-electron chi connectivity index (χ1n) is 8.80. The van der Waals surface area contributed by atoms with Gasteiger partial charge in [-0.15, -0.1) is 0 Å². The van der Waals surface area contributed by atoms with E-state index in [4.69, 9.17) is 4.74 Å². The highest BCUT2D eigenvalue weighted by Gasteiger charge is 2.31. The average Bonchev–Trinajstić information content (AvgIpc) is 2.70. The van der Waals surface area contributed by atoms with Crippen LogP contribution in [0.4, 0.5) is 17.6 Å². The minimum atomic E-state index is -4.63. The van der Waals surface area contributed by atoms with E-state index in [0.29, 0.717) is 23.9 Å². The van der Waals surface area contributed by atoms with Crippen molar-refractivity contribution in [3.63, 3.8) is 0 Å². The molecule has 0 bridgehead atoms. The fourth-order valence-electron chi connectivity index (χ4n) is 3.21. The summed E-state index contributed by atoms with van der Waals surface area (Å²) in [6, 6.07) is 16.2. The molecule has 7 heteroatoms. The highest BCUT2D eigenvalue weighted by molar-refractivity contribution is 5.99. The lowest BCUT2D eigenvalue weighted by atomic mass is 9.99. The first-order chi connectivity index (χ1) is 13.8. The second-order valence-corrected chi connectivity index (χ2v) is 6.67. The number of rotatable bonds is 3. The van der Waals surface area contributed by atoms with Gasteiger partial charge in [-0.3, -0.25) is 4.79 Å². The molecule has 3 aromatic carbocycles. The number of alkyl halides is 3. The second kappa shape index (κ2) is 7.24. The van der Waals surface area contributed by atoms with Crippen LogP contribution in [-0.2, 0) is 12.7 Å². The highest BCUT2D eigenvalue weighted by Crippen LogP contribution is 2.35. The maximum absolute atomic E-state index is 14.3. The zero-order valence-electron chi connectivity index (χ0n) is 15.0. The van der Waals surface area contributed by atoms with Crippen molar-refractivity contribution in [2.45, 2.75) is 12.7 Å².